The molecule has 620 valence electrons. The van der Waals surface area contributed by atoms with Crippen molar-refractivity contribution in [2.45, 2.75) is 178 Å². The van der Waals surface area contributed by atoms with Crippen LogP contribution in [0.2, 0.25) is 0 Å². The number of H-pyrrole nitrogens is 1. The highest BCUT2D eigenvalue weighted by Crippen LogP contribution is 2.32. The molecular formula is C80H105FN16O18. The Kier molecular flexibility index (Phi) is 32.2. The Hall–Kier alpha value is -11.3. The molecule has 34 nitrogen and oxygen atoms in total. The molecule has 12 N–H and O–H groups in total. The van der Waals surface area contributed by atoms with Gasteiger partial charge in [-0.05, 0) is 117 Å². The summed E-state index contributed by atoms with van der Waals surface area (Å²) < 4.78 is 39.9. The summed E-state index contributed by atoms with van der Waals surface area (Å²) in [5.41, 5.74) is 3.07. The van der Waals surface area contributed by atoms with Crippen molar-refractivity contribution in [2.75, 3.05) is 80.4 Å². The van der Waals surface area contributed by atoms with E-state index in [0.717, 1.165) is 25.5 Å². The number of amides is 11. The molecule has 0 spiro atoms. The highest BCUT2D eigenvalue weighted by Gasteiger charge is 2.50. The highest BCUT2D eigenvalue weighted by atomic mass is 19.1. The Morgan fingerprint density at radius 2 is 1.46 bits per heavy atom. The van der Waals surface area contributed by atoms with Crippen LogP contribution < -0.4 is 62.6 Å². The Bertz CT molecular complexity index is 4380. The lowest BCUT2D eigenvalue weighted by atomic mass is 9.95. The predicted octanol–water partition coefficient (Wildman–Crippen LogP) is -2.23. The standard InChI is InChI=1S/C78H101FN16O16.C2H4O2/c1-47-70(100)86-60-38-52-10-7-11-53(36-52)44-93-45-56(90-91-93)46-111-64-25-31-94(75(105)62(87-71(60)101)39-54-42-81-59-21-18-55(79)40-58(54)59)69(64)74(104)89-68(48(2)96)73(103)88-61(37-50-16-19-57(108-6)20-17-50)76(106)95-30-8-27-78(95,3)77(107)80-28-24-49-12-14-51(15-13-49)41-82-65(97)22-23-67(99)85-63(72(102)84-47)43-83-66(98)26-33-110-35-34-109-32-9-29-92(4)5;1-2(3)4/h7,10-21,36,40,42,45,47-48,60-64,68-69,81,96H,8-9,22-35,37-39,41,43-44,46H2,1-6H3,(H,80,107)(H,82,97)(H,83,98)(H,84,102)(H,85,99)(H,86,100)(H,87,101)(H,88,103)(H,89,104);1H3,(H,3,4)/t47-,48+,60+,61+,62+,63+,64+,68+,69+,78+;/m1./s1. The highest BCUT2D eigenvalue weighted by molar-refractivity contribution is 6.00. The number of aliphatic carboxylic acids is 1. The molecule has 115 heavy (non-hydrogen) atoms. The van der Waals surface area contributed by atoms with Crippen LogP contribution in [0.15, 0.2) is 103 Å². The Morgan fingerprint density at radius 3 is 2.19 bits per heavy atom. The van der Waals surface area contributed by atoms with E-state index in [4.69, 9.17) is 28.8 Å². The summed E-state index contributed by atoms with van der Waals surface area (Å²) in [7, 11) is 5.59. The van der Waals surface area contributed by atoms with Crippen LogP contribution in [0.3, 0.4) is 0 Å². The molecule has 10 atom stereocenters. The lowest BCUT2D eigenvalue weighted by Crippen LogP contribution is -3.05. The fourth-order valence-electron chi connectivity index (χ4n) is 14.0. The third-order valence-corrected chi connectivity index (χ3v) is 20.3. The number of carboxylic acid groups (broad SMARTS) is 1. The number of hydrogen-bond donors (Lipinski definition) is 12. The van der Waals surface area contributed by atoms with Crippen LogP contribution >= 0.6 is 0 Å². The van der Waals surface area contributed by atoms with E-state index in [2.05, 4.69) is 63.1 Å². The first-order valence-electron chi connectivity index (χ1n) is 38.6. The minimum absolute atomic E-state index is 0.00562. The van der Waals surface area contributed by atoms with Crippen molar-refractivity contribution in [3.05, 3.63) is 148 Å². The van der Waals surface area contributed by atoms with E-state index in [1.165, 1.54) is 64.7 Å². The number of hydrogen-bond acceptors (Lipinski definition) is 20. The van der Waals surface area contributed by atoms with Gasteiger partial charge in [-0.1, -0.05) is 65.9 Å². The van der Waals surface area contributed by atoms with Crippen LogP contribution in [0.4, 0.5) is 4.39 Å². The Balaban J connectivity index is 0.00000369. The summed E-state index contributed by atoms with van der Waals surface area (Å²) in [4.78, 5) is 177. The number of methoxy groups -OCH3 is 1. The molecule has 0 radical (unpaired) electrons. The third kappa shape index (κ3) is 25.6. The monoisotopic (exact) mass is 1600 g/mol. The second-order valence-electron chi connectivity index (χ2n) is 29.6. The van der Waals surface area contributed by atoms with Gasteiger partial charge in [0.15, 0.2) is 0 Å². The van der Waals surface area contributed by atoms with Gasteiger partial charge in [0.25, 0.3) is 0 Å². The van der Waals surface area contributed by atoms with Crippen LogP contribution in [0.25, 0.3) is 10.9 Å². The van der Waals surface area contributed by atoms with Crippen molar-refractivity contribution in [3.63, 3.8) is 0 Å². The summed E-state index contributed by atoms with van der Waals surface area (Å²) in [6.07, 6.45) is 0.699. The van der Waals surface area contributed by atoms with Crippen molar-refractivity contribution in [1.82, 2.24) is 77.6 Å². The van der Waals surface area contributed by atoms with E-state index in [1.807, 2.05) is 26.2 Å². The number of nitrogens with zero attached hydrogens (tertiary/aromatic N) is 5. The summed E-state index contributed by atoms with van der Waals surface area (Å²) >= 11 is 0. The van der Waals surface area contributed by atoms with Gasteiger partial charge in [-0.25, -0.2) is 9.07 Å². The van der Waals surface area contributed by atoms with E-state index in [1.54, 1.807) is 73.8 Å². The zero-order chi connectivity index (χ0) is 82.9. The van der Waals surface area contributed by atoms with Crippen LogP contribution in [0.5, 0.6) is 5.75 Å². The fourth-order valence-corrected chi connectivity index (χ4v) is 14.0. The van der Waals surface area contributed by atoms with Gasteiger partial charge in [0, 0.05) is 101 Å². The first-order valence-corrected chi connectivity index (χ1v) is 38.6. The number of halogens is 1. The molecule has 4 aromatic carbocycles. The number of aromatic amines is 1. The Labute approximate surface area is 665 Å². The van der Waals surface area contributed by atoms with Gasteiger partial charge in [-0.2, -0.15) is 0 Å². The molecule has 35 heteroatoms. The SMILES string of the molecule is CC(=O)[O-].COc1ccc(C[C@@H]2NC(=O)[C@H]([C@H](C)O)NC(=O)[C@@H]3[C@@H]4CCN3C(=O)[C@H](Cc3c[nH]c5ccc(F)cc35)NC(=O)[C@H](Cc3cccc(c3)Cn3cc(nn3)CO4)NC(=O)[C@@H](C)NC(=O)[C@H](CNC(=O)CCOCCOCCC[NH+](C)C)NC(=O)CCC(=O)NCc3ccc(cc3)CCNC(=O)[C@]3(C)CCCN3C2=O)cc1. The zero-order valence-corrected chi connectivity index (χ0v) is 65.8. The van der Waals surface area contributed by atoms with Crippen molar-refractivity contribution in [2.24, 2.45) is 0 Å². The van der Waals surface area contributed by atoms with Gasteiger partial charge in [0.05, 0.1) is 85.7 Å². The average molecular weight is 1600 g/mol. The second-order valence-corrected chi connectivity index (χ2v) is 29.6. The minimum Gasteiger partial charge on any atom is -0.550 e. The quantitative estimate of drug-likeness (QED) is 0.0320. The van der Waals surface area contributed by atoms with Gasteiger partial charge in [0.1, 0.15) is 65.1 Å². The maximum atomic E-state index is 15.9. The lowest BCUT2D eigenvalue weighted by molar-refractivity contribution is -0.858. The topological polar surface area (TPSA) is 451 Å². The number of carbonyl (C=O) groups is 12. The van der Waals surface area contributed by atoms with Crippen molar-refractivity contribution in [3.8, 4) is 5.75 Å². The molecule has 0 unspecified atom stereocenters. The molecule has 5 aliphatic rings. The fraction of sp³-hybridized carbons (Fsp3) is 0.500. The maximum Gasteiger partial charge on any atom is 0.246 e. The number of aromatic nitrogens is 4. The zero-order valence-electron chi connectivity index (χ0n) is 65.8. The Morgan fingerprint density at radius 1 is 0.757 bits per heavy atom. The number of benzene rings is 4. The second kappa shape index (κ2) is 42.2. The van der Waals surface area contributed by atoms with Crippen LogP contribution in [0.1, 0.15) is 112 Å². The van der Waals surface area contributed by atoms with Crippen LogP contribution in [-0.2, 0) is 117 Å². The number of quaternary nitrogens is 1. The largest absolute Gasteiger partial charge is 0.550 e. The normalized spacial score (nSPS) is 23.1. The molecule has 0 saturated carbocycles. The van der Waals surface area contributed by atoms with E-state index >= 15 is 28.4 Å². The van der Waals surface area contributed by atoms with E-state index in [9.17, 15) is 33.9 Å². The molecule has 6 aromatic rings. The third-order valence-electron chi connectivity index (χ3n) is 20.3. The maximum absolute atomic E-state index is 15.9. The molecular weight excluding hydrogens is 1490 g/mol. The molecule has 2 fully saturated rings. The predicted molar refractivity (Wildman–Crippen MR) is 411 cm³/mol. The van der Waals surface area contributed by atoms with E-state index in [0.29, 0.717) is 76.2 Å². The molecule has 0 aliphatic carbocycles. The number of carbonyl (C=O) groups excluding carboxylic acids is 12. The minimum atomic E-state index is -1.82. The average Bonchev–Trinajstić information content (AvgIpc) is 1.67. The number of aliphatic hydroxyl groups is 1. The number of fused-ring (bicyclic) bond motifs is 28. The van der Waals surface area contributed by atoms with Gasteiger partial charge >= 0.3 is 0 Å². The number of ether oxygens (including phenoxy) is 4. The van der Waals surface area contributed by atoms with E-state index in [-0.39, 0.29) is 97.5 Å². The number of aliphatic hydroxyl groups excluding tert-OH is 1. The van der Waals surface area contributed by atoms with Crippen molar-refractivity contribution < 1.29 is 96.0 Å². The van der Waals surface area contributed by atoms with Gasteiger partial charge < -0.3 is 101 Å². The summed E-state index contributed by atoms with van der Waals surface area (Å²) in [5.74, 6) is -9.71. The van der Waals surface area contributed by atoms with E-state index < -0.39 is 150 Å². The van der Waals surface area contributed by atoms with Gasteiger partial charge in [0.2, 0.25) is 65.0 Å². The van der Waals surface area contributed by atoms with Crippen LogP contribution in [0, 0.1) is 5.82 Å². The summed E-state index contributed by atoms with van der Waals surface area (Å²) in [6.45, 7) is 6.86. The molecule has 2 saturated heterocycles. The summed E-state index contributed by atoms with van der Waals surface area (Å²) in [6, 6.07) is 14.0. The van der Waals surface area contributed by atoms with Gasteiger partial charge in [-0.3, -0.25) is 52.7 Å². The van der Waals surface area contributed by atoms with Crippen molar-refractivity contribution in [1.29, 1.82) is 0 Å². The van der Waals surface area contributed by atoms with Crippen LogP contribution in [-0.4, -0.2) is 246 Å². The number of carboxylic acids is 1. The molecule has 7 heterocycles. The molecule has 2 aromatic heterocycles. The molecule has 5 aliphatic heterocycles. The van der Waals surface area contributed by atoms with Crippen molar-refractivity contribution >= 4 is 81.9 Å². The molecule has 10 bridgehead atoms. The first kappa shape index (κ1) is 87.7. The first-order chi connectivity index (χ1) is 55.0. The lowest BCUT2D eigenvalue weighted by Gasteiger charge is -2.37. The van der Waals surface area contributed by atoms with Gasteiger partial charge in [-0.15, -0.1) is 5.10 Å². The number of nitrogens with one attached hydrogen (secondary N) is 11. The smallest absolute Gasteiger partial charge is 0.246 e. The molecule has 11 amide bonds. The summed E-state index contributed by atoms with van der Waals surface area (Å²) in [5, 5.41) is 54.2. The number of rotatable bonds is 18. The molecule has 11 rings (SSSR count).